The molecule has 19 heavy (non-hydrogen) atoms. The molecule has 0 bridgehead atoms. The molecule has 0 fully saturated rings. The van der Waals surface area contributed by atoms with Gasteiger partial charge in [0.1, 0.15) is 6.33 Å². The molecule has 1 N–H and O–H groups in total. The molecular formula is C11H8ClN3O4. The van der Waals surface area contributed by atoms with Crippen LogP contribution in [0.4, 0.5) is 0 Å². The molecule has 0 spiro atoms. The zero-order chi connectivity index (χ0) is 14.0. The highest BCUT2D eigenvalue weighted by Crippen LogP contribution is 2.19. The van der Waals surface area contributed by atoms with Crippen LogP contribution in [-0.2, 0) is 4.74 Å². The fourth-order valence-corrected chi connectivity index (χ4v) is 1.61. The number of rotatable bonds is 3. The first-order valence-corrected chi connectivity index (χ1v) is 5.44. The fraction of sp³-hybridized carbons (Fsp3) is 0.0909. The number of carbonyl (C=O) groups excluding carboxylic acids is 1. The van der Waals surface area contributed by atoms with Crippen molar-refractivity contribution in [1.82, 2.24) is 14.8 Å². The van der Waals surface area contributed by atoms with Gasteiger partial charge in [-0.15, -0.1) is 5.10 Å². The van der Waals surface area contributed by atoms with Gasteiger partial charge < -0.3 is 9.84 Å². The lowest BCUT2D eigenvalue weighted by atomic mass is 10.2. The van der Waals surface area contributed by atoms with Crippen molar-refractivity contribution < 1.29 is 19.4 Å². The van der Waals surface area contributed by atoms with E-state index in [1.807, 2.05) is 0 Å². The zero-order valence-electron chi connectivity index (χ0n) is 9.70. The lowest BCUT2D eigenvalue weighted by Gasteiger charge is -2.05. The number of methoxy groups -OCH3 is 1. The minimum atomic E-state index is -1.14. The van der Waals surface area contributed by atoms with Gasteiger partial charge in [0.2, 0.25) is 0 Å². The average Bonchev–Trinajstić information content (AvgIpc) is 2.86. The van der Waals surface area contributed by atoms with E-state index in [2.05, 4.69) is 14.8 Å². The molecule has 0 saturated heterocycles. The number of ether oxygens (including phenoxy) is 1. The van der Waals surface area contributed by atoms with E-state index >= 15 is 0 Å². The van der Waals surface area contributed by atoms with Crippen molar-refractivity contribution >= 4 is 23.5 Å². The summed E-state index contributed by atoms with van der Waals surface area (Å²) in [5.41, 5.74) is 0.202. The Morgan fingerprint density at radius 3 is 2.79 bits per heavy atom. The summed E-state index contributed by atoms with van der Waals surface area (Å²) < 4.78 is 5.62. The van der Waals surface area contributed by atoms with Gasteiger partial charge in [-0.05, 0) is 18.2 Å². The predicted molar refractivity (Wildman–Crippen MR) is 64.7 cm³/mol. The van der Waals surface area contributed by atoms with Crippen molar-refractivity contribution in [1.29, 1.82) is 0 Å². The number of nitrogens with zero attached hydrogens (tertiary/aromatic N) is 3. The number of carbonyl (C=O) groups is 2. The van der Waals surface area contributed by atoms with Gasteiger partial charge in [0.15, 0.2) is 0 Å². The number of halogens is 1. The Bertz CT molecular complexity index is 653. The van der Waals surface area contributed by atoms with Gasteiger partial charge in [-0.1, -0.05) is 11.6 Å². The molecule has 0 aliphatic heterocycles. The van der Waals surface area contributed by atoms with E-state index < -0.39 is 11.9 Å². The molecular weight excluding hydrogens is 274 g/mol. The molecule has 0 radical (unpaired) electrons. The molecule has 0 atom stereocenters. The van der Waals surface area contributed by atoms with E-state index in [0.29, 0.717) is 5.02 Å². The maximum absolute atomic E-state index is 11.2. The normalized spacial score (nSPS) is 10.2. The SMILES string of the molecule is COC(=O)c1ncn(-c2cc(Cl)ccc2C(=O)O)n1. The Balaban J connectivity index is 2.52. The minimum Gasteiger partial charge on any atom is -0.478 e. The van der Waals surface area contributed by atoms with Crippen LogP contribution in [0.1, 0.15) is 21.0 Å². The maximum atomic E-state index is 11.2. The van der Waals surface area contributed by atoms with E-state index in [-0.39, 0.29) is 17.1 Å². The van der Waals surface area contributed by atoms with Gasteiger partial charge in [-0.2, -0.15) is 0 Å². The van der Waals surface area contributed by atoms with Crippen molar-refractivity contribution in [2.24, 2.45) is 0 Å². The summed E-state index contributed by atoms with van der Waals surface area (Å²) >= 11 is 5.82. The molecule has 0 amide bonds. The Hall–Kier alpha value is -2.41. The quantitative estimate of drug-likeness (QED) is 0.855. The monoisotopic (exact) mass is 281 g/mol. The number of carboxylic acid groups (broad SMARTS) is 1. The number of hydrogen-bond donors (Lipinski definition) is 1. The first-order valence-electron chi connectivity index (χ1n) is 5.06. The third-order valence-corrected chi connectivity index (χ3v) is 2.53. The van der Waals surface area contributed by atoms with Gasteiger partial charge in [-0.25, -0.2) is 19.3 Å². The standard InChI is InChI=1S/C11H8ClN3O4/c1-19-11(18)9-13-5-15(14-9)8-4-6(12)2-3-7(8)10(16)17/h2-5H,1H3,(H,16,17). The Morgan fingerprint density at radius 1 is 1.42 bits per heavy atom. The summed E-state index contributed by atoms with van der Waals surface area (Å²) in [6.07, 6.45) is 1.21. The number of benzene rings is 1. The van der Waals surface area contributed by atoms with Gasteiger partial charge in [0.05, 0.1) is 18.4 Å². The second-order valence-electron chi connectivity index (χ2n) is 3.47. The second-order valence-corrected chi connectivity index (χ2v) is 3.91. The Kier molecular flexibility index (Phi) is 3.48. The van der Waals surface area contributed by atoms with E-state index in [1.54, 1.807) is 0 Å². The minimum absolute atomic E-state index is 0.00860. The largest absolute Gasteiger partial charge is 0.478 e. The molecule has 98 valence electrons. The molecule has 0 aliphatic carbocycles. The number of carboxylic acids is 1. The molecule has 2 aromatic rings. The molecule has 0 aliphatic rings. The zero-order valence-corrected chi connectivity index (χ0v) is 10.5. The topological polar surface area (TPSA) is 94.3 Å². The number of esters is 1. The van der Waals surface area contributed by atoms with Crippen LogP contribution in [0.25, 0.3) is 5.69 Å². The summed E-state index contributed by atoms with van der Waals surface area (Å²) in [7, 11) is 1.20. The third-order valence-electron chi connectivity index (χ3n) is 2.30. The fourth-order valence-electron chi connectivity index (χ4n) is 1.44. The number of hydrogen-bond acceptors (Lipinski definition) is 5. The highest BCUT2D eigenvalue weighted by atomic mass is 35.5. The van der Waals surface area contributed by atoms with Crippen LogP contribution in [0.15, 0.2) is 24.5 Å². The molecule has 8 heteroatoms. The highest BCUT2D eigenvalue weighted by Gasteiger charge is 2.16. The third kappa shape index (κ3) is 2.55. The molecule has 2 rings (SSSR count). The first kappa shape index (κ1) is 13.0. The van der Waals surface area contributed by atoms with Crippen LogP contribution < -0.4 is 0 Å². The van der Waals surface area contributed by atoms with E-state index in [4.69, 9.17) is 16.7 Å². The van der Waals surface area contributed by atoms with E-state index in [9.17, 15) is 9.59 Å². The van der Waals surface area contributed by atoms with Crippen LogP contribution >= 0.6 is 11.6 Å². The molecule has 1 aromatic carbocycles. The van der Waals surface area contributed by atoms with Crippen LogP contribution in [0.3, 0.4) is 0 Å². The lowest BCUT2D eigenvalue weighted by Crippen LogP contribution is -2.08. The smallest absolute Gasteiger partial charge is 0.377 e. The van der Waals surface area contributed by atoms with E-state index in [0.717, 1.165) is 4.68 Å². The molecule has 0 saturated carbocycles. The molecule has 1 aromatic heterocycles. The van der Waals surface area contributed by atoms with Crippen LogP contribution in [0.5, 0.6) is 0 Å². The van der Waals surface area contributed by atoms with Crippen molar-refractivity contribution in [2.75, 3.05) is 7.11 Å². The molecule has 7 nitrogen and oxygen atoms in total. The Labute approximate surface area is 112 Å². The van der Waals surface area contributed by atoms with Gasteiger partial charge >= 0.3 is 11.9 Å². The van der Waals surface area contributed by atoms with Crippen molar-refractivity contribution in [3.8, 4) is 5.69 Å². The van der Waals surface area contributed by atoms with Gasteiger partial charge in [-0.3, -0.25) is 0 Å². The van der Waals surface area contributed by atoms with Gasteiger partial charge in [0, 0.05) is 5.02 Å². The Morgan fingerprint density at radius 2 is 2.16 bits per heavy atom. The van der Waals surface area contributed by atoms with Crippen LogP contribution in [0.2, 0.25) is 5.02 Å². The van der Waals surface area contributed by atoms with Crippen LogP contribution in [-0.4, -0.2) is 38.9 Å². The predicted octanol–water partition coefficient (Wildman–Crippen LogP) is 1.41. The van der Waals surface area contributed by atoms with Gasteiger partial charge in [0.25, 0.3) is 5.82 Å². The second kappa shape index (κ2) is 5.07. The van der Waals surface area contributed by atoms with Crippen LogP contribution in [0, 0.1) is 0 Å². The lowest BCUT2D eigenvalue weighted by molar-refractivity contribution is 0.0586. The summed E-state index contributed by atoms with van der Waals surface area (Å²) in [6.45, 7) is 0. The van der Waals surface area contributed by atoms with Crippen molar-refractivity contribution in [3.63, 3.8) is 0 Å². The number of aromatic nitrogens is 3. The summed E-state index contributed by atoms with van der Waals surface area (Å²) in [5, 5.41) is 13.3. The van der Waals surface area contributed by atoms with Crippen molar-refractivity contribution in [3.05, 3.63) is 40.9 Å². The summed E-state index contributed by atoms with van der Waals surface area (Å²) in [6, 6.07) is 4.22. The summed E-state index contributed by atoms with van der Waals surface area (Å²) in [4.78, 5) is 26.1. The van der Waals surface area contributed by atoms with E-state index in [1.165, 1.54) is 31.6 Å². The number of aromatic carboxylic acids is 1. The maximum Gasteiger partial charge on any atom is 0.377 e. The highest BCUT2D eigenvalue weighted by molar-refractivity contribution is 6.30. The summed E-state index contributed by atoms with van der Waals surface area (Å²) in [5.74, 6) is -2.02. The van der Waals surface area contributed by atoms with Crippen molar-refractivity contribution in [2.45, 2.75) is 0 Å². The average molecular weight is 282 g/mol. The molecule has 1 heterocycles. The molecule has 0 unspecified atom stereocenters. The first-order chi connectivity index (χ1) is 9.02.